The summed E-state index contributed by atoms with van der Waals surface area (Å²) in [6.45, 7) is -0.968. The molecule has 1 aromatic carbocycles. The molecule has 21 heavy (non-hydrogen) atoms. The van der Waals surface area contributed by atoms with Crippen LogP contribution >= 0.6 is 0 Å². The predicted molar refractivity (Wildman–Crippen MR) is 72.6 cm³/mol. The summed E-state index contributed by atoms with van der Waals surface area (Å²) in [5.41, 5.74) is 0.0628. The molecule has 0 amide bonds. The van der Waals surface area contributed by atoms with Crippen LogP contribution in [0.25, 0.3) is 0 Å². The van der Waals surface area contributed by atoms with E-state index in [2.05, 4.69) is 4.72 Å². The lowest BCUT2D eigenvalue weighted by Gasteiger charge is -2.13. The van der Waals surface area contributed by atoms with Crippen molar-refractivity contribution in [1.29, 1.82) is 0 Å². The van der Waals surface area contributed by atoms with E-state index in [0.29, 0.717) is 5.75 Å². The van der Waals surface area contributed by atoms with E-state index < -0.39 is 35.1 Å². The molecule has 0 radical (unpaired) electrons. The molecule has 0 fully saturated rings. The van der Waals surface area contributed by atoms with E-state index in [9.17, 15) is 18.3 Å². The van der Waals surface area contributed by atoms with E-state index in [1.807, 2.05) is 0 Å². The van der Waals surface area contributed by atoms with Crippen LogP contribution in [0.2, 0.25) is 0 Å². The zero-order valence-corrected chi connectivity index (χ0v) is 12.1. The minimum Gasteiger partial charge on any atom is -0.497 e. The maximum Gasteiger partial charge on any atom is 0.307 e. The Morgan fingerprint density at radius 2 is 2.10 bits per heavy atom. The third-order valence-corrected chi connectivity index (χ3v) is 4.14. The summed E-state index contributed by atoms with van der Waals surface area (Å²) in [7, 11) is -2.63. The fourth-order valence-corrected chi connectivity index (χ4v) is 2.88. The summed E-state index contributed by atoms with van der Waals surface area (Å²) in [5.74, 6) is -0.851. The van der Waals surface area contributed by atoms with Crippen LogP contribution in [0.15, 0.2) is 23.1 Å². The van der Waals surface area contributed by atoms with Crippen LogP contribution in [0.4, 0.5) is 0 Å². The Labute approximate surface area is 122 Å². The number of nitrogens with one attached hydrogen (secondary N) is 1. The highest BCUT2D eigenvalue weighted by Crippen LogP contribution is 2.22. The first-order valence-corrected chi connectivity index (χ1v) is 7.45. The molecule has 0 aliphatic carbocycles. The van der Waals surface area contributed by atoms with Crippen LogP contribution in [0, 0.1) is 0 Å². The van der Waals surface area contributed by atoms with E-state index in [1.165, 1.54) is 25.3 Å². The van der Waals surface area contributed by atoms with E-state index in [1.54, 1.807) is 0 Å². The van der Waals surface area contributed by atoms with Gasteiger partial charge in [0.25, 0.3) is 0 Å². The Hall–Kier alpha value is -1.68. The van der Waals surface area contributed by atoms with Crippen molar-refractivity contribution < 1.29 is 33.3 Å². The first-order chi connectivity index (χ1) is 9.80. The third-order valence-electron chi connectivity index (χ3n) is 2.62. The molecule has 4 N–H and O–H groups in total. The topological polar surface area (TPSA) is 133 Å². The van der Waals surface area contributed by atoms with Gasteiger partial charge in [0.15, 0.2) is 0 Å². The summed E-state index contributed by atoms with van der Waals surface area (Å²) in [6.07, 6.45) is -1.73. The van der Waals surface area contributed by atoms with Crippen LogP contribution < -0.4 is 9.46 Å². The van der Waals surface area contributed by atoms with E-state index in [0.717, 1.165) is 0 Å². The lowest BCUT2D eigenvalue weighted by molar-refractivity contribution is -0.136. The van der Waals surface area contributed by atoms with Gasteiger partial charge in [-0.05, 0) is 23.8 Å². The Balaban J connectivity index is 3.12. The molecule has 8 nitrogen and oxygen atoms in total. The number of hydrogen-bond donors (Lipinski definition) is 4. The van der Waals surface area contributed by atoms with Gasteiger partial charge in [0.05, 0.1) is 31.1 Å². The second-order valence-electron chi connectivity index (χ2n) is 4.23. The Morgan fingerprint density at radius 1 is 1.43 bits per heavy atom. The van der Waals surface area contributed by atoms with Crippen molar-refractivity contribution in [3.8, 4) is 5.75 Å². The smallest absolute Gasteiger partial charge is 0.307 e. The average molecular weight is 319 g/mol. The van der Waals surface area contributed by atoms with Gasteiger partial charge < -0.3 is 20.1 Å². The molecular formula is C12H17NO7S. The average Bonchev–Trinajstić information content (AvgIpc) is 2.43. The molecule has 0 saturated heterocycles. The second kappa shape index (κ2) is 7.36. The standard InChI is InChI=1S/C12H17NO7S/c1-20-10-2-3-11(8(4-10)5-12(16)17)21(18,19)13-6-9(15)7-14/h2-4,9,13-15H,5-7H2,1H3,(H,16,17). The number of carboxylic acid groups (broad SMARTS) is 1. The Kier molecular flexibility index (Phi) is 6.09. The zero-order valence-electron chi connectivity index (χ0n) is 11.3. The molecule has 0 aromatic heterocycles. The van der Waals surface area contributed by atoms with Crippen LogP contribution in [-0.2, 0) is 21.2 Å². The SMILES string of the molecule is COc1ccc(S(=O)(=O)NCC(O)CO)c(CC(=O)O)c1. The molecule has 0 heterocycles. The number of ether oxygens (including phenoxy) is 1. The number of benzene rings is 1. The number of aliphatic hydroxyl groups excluding tert-OH is 2. The summed E-state index contributed by atoms with van der Waals surface area (Å²) in [4.78, 5) is 10.6. The fraction of sp³-hybridized carbons (Fsp3) is 0.417. The minimum atomic E-state index is -4.01. The van der Waals surface area contributed by atoms with Gasteiger partial charge in [0.1, 0.15) is 5.75 Å². The number of aliphatic carboxylic acids is 1. The molecule has 0 bridgehead atoms. The second-order valence-corrected chi connectivity index (χ2v) is 5.97. The summed E-state index contributed by atoms with van der Waals surface area (Å²) < 4.78 is 31.3. The quantitative estimate of drug-likeness (QED) is 0.480. The molecule has 0 saturated carbocycles. The highest BCUT2D eigenvalue weighted by atomic mass is 32.2. The molecule has 9 heteroatoms. The van der Waals surface area contributed by atoms with Crippen molar-refractivity contribution in [2.45, 2.75) is 17.4 Å². The van der Waals surface area contributed by atoms with E-state index in [4.69, 9.17) is 14.9 Å². The van der Waals surface area contributed by atoms with Gasteiger partial charge in [-0.3, -0.25) is 4.79 Å². The van der Waals surface area contributed by atoms with Gasteiger partial charge in [-0.25, -0.2) is 13.1 Å². The number of carbonyl (C=O) groups is 1. The van der Waals surface area contributed by atoms with Crippen molar-refractivity contribution >= 4 is 16.0 Å². The summed E-state index contributed by atoms with van der Waals surface area (Å²) in [5, 5.41) is 26.7. The predicted octanol–water partition coefficient (Wildman–Crippen LogP) is -1.05. The molecular weight excluding hydrogens is 302 g/mol. The van der Waals surface area contributed by atoms with Gasteiger partial charge in [0.2, 0.25) is 10.0 Å². The Bertz CT molecular complexity index is 600. The van der Waals surface area contributed by atoms with E-state index >= 15 is 0 Å². The largest absolute Gasteiger partial charge is 0.497 e. The van der Waals surface area contributed by atoms with Crippen LogP contribution in [0.3, 0.4) is 0 Å². The fourth-order valence-electron chi connectivity index (χ4n) is 1.59. The first kappa shape index (κ1) is 17.4. The minimum absolute atomic E-state index is 0.0628. The molecule has 1 rings (SSSR count). The van der Waals surface area contributed by atoms with Crippen LogP contribution in [0.5, 0.6) is 5.75 Å². The van der Waals surface area contributed by atoms with Gasteiger partial charge in [0, 0.05) is 6.54 Å². The maximum atomic E-state index is 12.1. The third kappa shape index (κ3) is 4.97. The van der Waals surface area contributed by atoms with Crippen LogP contribution in [-0.4, -0.2) is 56.1 Å². The van der Waals surface area contributed by atoms with Crippen LogP contribution in [0.1, 0.15) is 5.56 Å². The lowest BCUT2D eigenvalue weighted by Crippen LogP contribution is -2.34. The van der Waals surface area contributed by atoms with Crippen molar-refractivity contribution in [3.63, 3.8) is 0 Å². The number of methoxy groups -OCH3 is 1. The molecule has 118 valence electrons. The molecule has 1 atom stereocenters. The highest BCUT2D eigenvalue weighted by Gasteiger charge is 2.21. The van der Waals surface area contributed by atoms with Crippen molar-refractivity contribution in [2.75, 3.05) is 20.3 Å². The molecule has 1 aromatic rings. The number of rotatable bonds is 8. The monoisotopic (exact) mass is 319 g/mol. The van der Waals surface area contributed by atoms with Crippen molar-refractivity contribution in [3.05, 3.63) is 23.8 Å². The highest BCUT2D eigenvalue weighted by molar-refractivity contribution is 7.89. The van der Waals surface area contributed by atoms with Crippen molar-refractivity contribution in [1.82, 2.24) is 4.72 Å². The lowest BCUT2D eigenvalue weighted by atomic mass is 10.1. The van der Waals surface area contributed by atoms with Crippen molar-refractivity contribution in [2.24, 2.45) is 0 Å². The summed E-state index contributed by atoms with van der Waals surface area (Å²) in [6, 6.07) is 3.94. The van der Waals surface area contributed by atoms with Gasteiger partial charge >= 0.3 is 5.97 Å². The first-order valence-electron chi connectivity index (χ1n) is 5.97. The van der Waals surface area contributed by atoms with Gasteiger partial charge in [-0.15, -0.1) is 0 Å². The summed E-state index contributed by atoms with van der Waals surface area (Å²) >= 11 is 0. The number of sulfonamides is 1. The number of hydrogen-bond acceptors (Lipinski definition) is 6. The van der Waals surface area contributed by atoms with Gasteiger partial charge in [-0.1, -0.05) is 0 Å². The number of carboxylic acids is 1. The molecule has 0 spiro atoms. The molecule has 0 aliphatic rings. The molecule has 1 unspecified atom stereocenters. The number of aliphatic hydroxyl groups is 2. The Morgan fingerprint density at radius 3 is 2.62 bits per heavy atom. The maximum absolute atomic E-state index is 12.1. The van der Waals surface area contributed by atoms with E-state index in [-0.39, 0.29) is 17.0 Å². The molecule has 0 aliphatic heterocycles. The zero-order chi connectivity index (χ0) is 16.0. The van der Waals surface area contributed by atoms with Gasteiger partial charge in [-0.2, -0.15) is 0 Å². The normalized spacial score (nSPS) is 12.9.